The molecule has 0 radical (unpaired) electrons. The molecule has 0 fully saturated rings. The molecule has 2 aromatic heterocycles. The van der Waals surface area contributed by atoms with Crippen LogP contribution in [0, 0.1) is 17.5 Å². The summed E-state index contributed by atoms with van der Waals surface area (Å²) in [5.41, 5.74) is 0.786. The zero-order valence-corrected chi connectivity index (χ0v) is 25.1. The van der Waals surface area contributed by atoms with E-state index in [9.17, 15) is 14.3 Å². The van der Waals surface area contributed by atoms with Crippen LogP contribution in [0.25, 0.3) is 22.3 Å². The fraction of sp³-hybridized carbons (Fsp3) is 0.242. The molecule has 7 nitrogen and oxygen atoms in total. The topological polar surface area (TPSA) is 86.5 Å². The third-order valence-electron chi connectivity index (χ3n) is 7.80. The highest BCUT2D eigenvalue weighted by atomic mass is 35.5. The smallest absolute Gasteiger partial charge is 0.335 e. The predicted octanol–water partition coefficient (Wildman–Crippen LogP) is 8.02. The summed E-state index contributed by atoms with van der Waals surface area (Å²) < 4.78 is 58.3. The second kappa shape index (κ2) is 12.3. The molecule has 0 aliphatic heterocycles. The molecule has 5 rings (SSSR count). The van der Waals surface area contributed by atoms with E-state index in [4.69, 9.17) is 21.1 Å². The van der Waals surface area contributed by atoms with E-state index < -0.39 is 29.0 Å². The maximum atomic E-state index is 15.6. The fourth-order valence-electron chi connectivity index (χ4n) is 4.84. The molecule has 0 amide bonds. The van der Waals surface area contributed by atoms with Gasteiger partial charge in [-0.3, -0.25) is 0 Å². The molecule has 3 aromatic carbocycles. The number of halogens is 4. The number of pyridine rings is 1. The average Bonchev–Trinajstić information content (AvgIpc) is 3.34. The molecule has 0 saturated carbocycles. The van der Waals surface area contributed by atoms with Crippen LogP contribution < -0.4 is 4.74 Å². The van der Waals surface area contributed by atoms with Gasteiger partial charge in [-0.15, -0.1) is 0 Å². The molecule has 44 heavy (non-hydrogen) atoms. The molecular formula is C33H29ClF3N3O4. The molecule has 2 heterocycles. The van der Waals surface area contributed by atoms with Gasteiger partial charge in [0.2, 0.25) is 5.88 Å². The maximum absolute atomic E-state index is 15.6. The summed E-state index contributed by atoms with van der Waals surface area (Å²) in [6.45, 7) is 5.51. The SMILES string of the molecule is COC(C)(C)C(C)n1c(Cc2cc(F)c(-c3cccc(OCc4ccc(Cl)cc4F)n3)cc2F)nc2ccc(C(=O)O)cc21. The lowest BCUT2D eigenvalue weighted by Gasteiger charge is -2.33. The number of imidazole rings is 1. The quantitative estimate of drug-likeness (QED) is 0.170. The van der Waals surface area contributed by atoms with Crippen molar-refractivity contribution in [1.29, 1.82) is 0 Å². The standard InChI is InChI=1S/C33H29ClF3N3O4/c1-18(33(2,3)43-4)40-29-13-19(32(41)42)9-11-28(29)38-30(40)14-21-12-26(37)23(16-25(21)36)27-6-5-7-31(39-27)44-17-20-8-10-22(34)15-24(20)35/h5-13,15-16,18H,14,17H2,1-4H3,(H,41,42). The van der Waals surface area contributed by atoms with Gasteiger partial charge in [0, 0.05) is 35.7 Å². The molecule has 0 aliphatic carbocycles. The molecule has 0 bridgehead atoms. The number of rotatable bonds is 10. The number of hydrogen-bond acceptors (Lipinski definition) is 5. The molecule has 5 aromatic rings. The first-order chi connectivity index (χ1) is 20.9. The number of hydrogen-bond donors (Lipinski definition) is 1. The van der Waals surface area contributed by atoms with Crippen LogP contribution >= 0.6 is 11.6 Å². The molecule has 0 aliphatic rings. The fourth-order valence-corrected chi connectivity index (χ4v) is 5.00. The summed E-state index contributed by atoms with van der Waals surface area (Å²) in [7, 11) is 1.57. The van der Waals surface area contributed by atoms with E-state index in [2.05, 4.69) is 9.97 Å². The van der Waals surface area contributed by atoms with Crippen LogP contribution in [-0.4, -0.2) is 38.3 Å². The van der Waals surface area contributed by atoms with Crippen molar-refractivity contribution >= 4 is 28.6 Å². The number of carbonyl (C=O) groups is 1. The normalized spacial score (nSPS) is 12.5. The first-order valence-corrected chi connectivity index (χ1v) is 14.1. The van der Waals surface area contributed by atoms with Gasteiger partial charge in [0.15, 0.2) is 0 Å². The zero-order chi connectivity index (χ0) is 31.8. The lowest BCUT2D eigenvalue weighted by Crippen LogP contribution is -2.34. The number of nitrogens with zero attached hydrogens (tertiary/aromatic N) is 3. The van der Waals surface area contributed by atoms with Crippen molar-refractivity contribution in [2.45, 2.75) is 45.4 Å². The Kier molecular flexibility index (Phi) is 8.67. The number of carboxylic acid groups (broad SMARTS) is 1. The lowest BCUT2D eigenvalue weighted by atomic mass is 9.99. The molecule has 228 valence electrons. The monoisotopic (exact) mass is 623 g/mol. The number of fused-ring (bicyclic) bond motifs is 1. The van der Waals surface area contributed by atoms with E-state index in [-0.39, 0.29) is 57.9 Å². The molecule has 11 heteroatoms. The van der Waals surface area contributed by atoms with Crippen LogP contribution in [-0.2, 0) is 17.8 Å². The van der Waals surface area contributed by atoms with E-state index in [1.165, 1.54) is 42.5 Å². The van der Waals surface area contributed by atoms with Crippen molar-refractivity contribution in [3.8, 4) is 17.1 Å². The van der Waals surface area contributed by atoms with Gasteiger partial charge in [-0.1, -0.05) is 23.7 Å². The largest absolute Gasteiger partial charge is 0.478 e. The summed E-state index contributed by atoms with van der Waals surface area (Å²) in [6.07, 6.45) is -0.0759. The summed E-state index contributed by atoms with van der Waals surface area (Å²) in [6, 6.07) is 15.2. The van der Waals surface area contributed by atoms with Gasteiger partial charge in [0.1, 0.15) is 29.9 Å². The molecule has 1 atom stereocenters. The number of ether oxygens (including phenoxy) is 2. The third kappa shape index (κ3) is 6.27. The Balaban J connectivity index is 1.47. The number of aromatic nitrogens is 3. The van der Waals surface area contributed by atoms with E-state index >= 15 is 8.78 Å². The highest BCUT2D eigenvalue weighted by molar-refractivity contribution is 6.30. The van der Waals surface area contributed by atoms with Crippen molar-refractivity contribution in [1.82, 2.24) is 14.5 Å². The van der Waals surface area contributed by atoms with Crippen LogP contribution in [0.15, 0.2) is 66.7 Å². The Morgan fingerprint density at radius 2 is 1.73 bits per heavy atom. The Hall–Kier alpha value is -4.41. The van der Waals surface area contributed by atoms with E-state index in [1.807, 2.05) is 25.3 Å². The highest BCUT2D eigenvalue weighted by Gasteiger charge is 2.31. The highest BCUT2D eigenvalue weighted by Crippen LogP contribution is 2.33. The first kappa shape index (κ1) is 31.0. The van der Waals surface area contributed by atoms with E-state index in [1.54, 1.807) is 19.2 Å². The molecule has 0 saturated heterocycles. The average molecular weight is 624 g/mol. The van der Waals surface area contributed by atoms with Gasteiger partial charge < -0.3 is 19.1 Å². The maximum Gasteiger partial charge on any atom is 0.335 e. The third-order valence-corrected chi connectivity index (χ3v) is 8.04. The van der Waals surface area contributed by atoms with Crippen LogP contribution in [0.4, 0.5) is 13.2 Å². The summed E-state index contributed by atoms with van der Waals surface area (Å²) in [4.78, 5) is 20.6. The Morgan fingerprint density at radius 1 is 0.977 bits per heavy atom. The van der Waals surface area contributed by atoms with Crippen molar-refractivity contribution in [3.63, 3.8) is 0 Å². The number of methoxy groups -OCH3 is 1. The predicted molar refractivity (Wildman–Crippen MR) is 161 cm³/mol. The second-order valence-corrected chi connectivity index (χ2v) is 11.3. The minimum atomic E-state index is -1.09. The number of carboxylic acids is 1. The van der Waals surface area contributed by atoms with E-state index in [0.29, 0.717) is 16.9 Å². The van der Waals surface area contributed by atoms with Gasteiger partial charge in [0.25, 0.3) is 0 Å². The molecule has 1 N–H and O–H groups in total. The Morgan fingerprint density at radius 3 is 2.43 bits per heavy atom. The summed E-state index contributed by atoms with van der Waals surface area (Å²) in [5, 5.41) is 9.80. The molecular weight excluding hydrogens is 595 g/mol. The van der Waals surface area contributed by atoms with Crippen molar-refractivity contribution in [3.05, 3.63) is 112 Å². The van der Waals surface area contributed by atoms with Crippen molar-refractivity contribution in [2.24, 2.45) is 0 Å². The minimum Gasteiger partial charge on any atom is -0.478 e. The Bertz CT molecular complexity index is 1880. The van der Waals surface area contributed by atoms with Crippen LogP contribution in [0.5, 0.6) is 5.88 Å². The van der Waals surface area contributed by atoms with Gasteiger partial charge >= 0.3 is 5.97 Å². The summed E-state index contributed by atoms with van der Waals surface area (Å²) >= 11 is 5.80. The van der Waals surface area contributed by atoms with Crippen molar-refractivity contribution in [2.75, 3.05) is 7.11 Å². The number of benzene rings is 3. The summed E-state index contributed by atoms with van der Waals surface area (Å²) in [5.74, 6) is -2.51. The van der Waals surface area contributed by atoms with Gasteiger partial charge in [-0.2, -0.15) is 0 Å². The van der Waals surface area contributed by atoms with Gasteiger partial charge in [0.05, 0.1) is 33.9 Å². The van der Waals surface area contributed by atoms with Crippen molar-refractivity contribution < 1.29 is 32.5 Å². The van der Waals surface area contributed by atoms with Crippen LogP contribution in [0.2, 0.25) is 5.02 Å². The molecule has 0 spiro atoms. The van der Waals surface area contributed by atoms with Crippen LogP contribution in [0.3, 0.4) is 0 Å². The van der Waals surface area contributed by atoms with Gasteiger partial charge in [-0.05, 0) is 74.9 Å². The zero-order valence-electron chi connectivity index (χ0n) is 24.4. The van der Waals surface area contributed by atoms with Gasteiger partial charge in [-0.25, -0.2) is 27.9 Å². The second-order valence-electron chi connectivity index (χ2n) is 10.9. The molecule has 1 unspecified atom stereocenters. The minimum absolute atomic E-state index is 0.0503. The lowest BCUT2D eigenvalue weighted by molar-refractivity contribution is -0.0161. The number of aromatic carboxylic acids is 1. The van der Waals surface area contributed by atoms with E-state index in [0.717, 1.165) is 12.1 Å². The van der Waals surface area contributed by atoms with Crippen LogP contribution in [0.1, 0.15) is 54.1 Å². The first-order valence-electron chi connectivity index (χ1n) is 13.7. The Labute approximate surface area is 256 Å².